The molecule has 0 bridgehead atoms. The summed E-state index contributed by atoms with van der Waals surface area (Å²) in [6, 6.07) is 5.44. The number of pyridine rings is 1. The minimum absolute atomic E-state index is 0.225. The lowest BCUT2D eigenvalue weighted by Gasteiger charge is -2.05. The molecule has 0 aliphatic rings. The summed E-state index contributed by atoms with van der Waals surface area (Å²) >= 11 is 0. The quantitative estimate of drug-likeness (QED) is 0.824. The maximum atomic E-state index is 5.62. The summed E-state index contributed by atoms with van der Waals surface area (Å²) in [5.74, 6) is 1.45. The zero-order valence-electron chi connectivity index (χ0n) is 9.64. The van der Waals surface area contributed by atoms with E-state index >= 15 is 0 Å². The first-order valence-electron chi connectivity index (χ1n) is 5.05. The van der Waals surface area contributed by atoms with Gasteiger partial charge in [0.15, 0.2) is 0 Å². The molecule has 0 radical (unpaired) electrons. The standard InChI is InChI=1S/C11H13N5O/c1-13-9-5-8(15-11(12)16-9)7-3-4-10(17-2)14-6-7/h3-6H,1-2H3,(H3,12,13,15,16). The Morgan fingerprint density at radius 2 is 2.12 bits per heavy atom. The number of nitrogens with one attached hydrogen (secondary N) is 1. The summed E-state index contributed by atoms with van der Waals surface area (Å²) < 4.78 is 4.99. The summed E-state index contributed by atoms with van der Waals surface area (Å²) in [6.07, 6.45) is 1.68. The molecule has 0 unspecified atom stereocenters. The van der Waals surface area contributed by atoms with Crippen molar-refractivity contribution in [1.82, 2.24) is 15.0 Å². The maximum Gasteiger partial charge on any atom is 0.222 e. The molecule has 6 heteroatoms. The molecule has 2 aromatic heterocycles. The van der Waals surface area contributed by atoms with Crippen molar-refractivity contribution in [3.05, 3.63) is 24.4 Å². The number of ether oxygens (including phenoxy) is 1. The normalized spacial score (nSPS) is 10.0. The Labute approximate surface area is 98.9 Å². The van der Waals surface area contributed by atoms with Crippen molar-refractivity contribution in [2.45, 2.75) is 0 Å². The number of aromatic nitrogens is 3. The van der Waals surface area contributed by atoms with Gasteiger partial charge in [0.2, 0.25) is 11.8 Å². The Morgan fingerprint density at radius 1 is 1.29 bits per heavy atom. The van der Waals surface area contributed by atoms with Gasteiger partial charge in [-0.1, -0.05) is 0 Å². The highest BCUT2D eigenvalue weighted by atomic mass is 16.5. The SMILES string of the molecule is CNc1cc(-c2ccc(OC)nc2)nc(N)n1. The minimum Gasteiger partial charge on any atom is -0.481 e. The second-order valence-electron chi connectivity index (χ2n) is 3.34. The highest BCUT2D eigenvalue weighted by molar-refractivity contribution is 5.63. The van der Waals surface area contributed by atoms with Gasteiger partial charge in [0.05, 0.1) is 12.8 Å². The molecule has 6 nitrogen and oxygen atoms in total. The summed E-state index contributed by atoms with van der Waals surface area (Å²) in [7, 11) is 3.35. The van der Waals surface area contributed by atoms with E-state index in [0.29, 0.717) is 11.7 Å². The first-order chi connectivity index (χ1) is 8.22. The molecule has 0 saturated carbocycles. The molecule has 0 spiro atoms. The highest BCUT2D eigenvalue weighted by Crippen LogP contribution is 2.21. The monoisotopic (exact) mass is 231 g/mol. The van der Waals surface area contributed by atoms with E-state index in [1.807, 2.05) is 6.07 Å². The van der Waals surface area contributed by atoms with Crippen molar-refractivity contribution >= 4 is 11.8 Å². The maximum absolute atomic E-state index is 5.62. The lowest BCUT2D eigenvalue weighted by molar-refractivity contribution is 0.398. The zero-order chi connectivity index (χ0) is 12.3. The van der Waals surface area contributed by atoms with Crippen LogP contribution in [0.2, 0.25) is 0 Å². The van der Waals surface area contributed by atoms with Crippen LogP contribution < -0.4 is 15.8 Å². The van der Waals surface area contributed by atoms with Gasteiger partial charge in [-0.2, -0.15) is 4.98 Å². The molecule has 0 fully saturated rings. The zero-order valence-corrected chi connectivity index (χ0v) is 9.64. The molecule has 0 aliphatic carbocycles. The minimum atomic E-state index is 0.225. The van der Waals surface area contributed by atoms with Crippen LogP contribution in [-0.2, 0) is 0 Å². The molecule has 3 N–H and O–H groups in total. The van der Waals surface area contributed by atoms with Gasteiger partial charge < -0.3 is 15.8 Å². The van der Waals surface area contributed by atoms with E-state index in [1.54, 1.807) is 32.5 Å². The molecular formula is C11H13N5O. The van der Waals surface area contributed by atoms with Gasteiger partial charge >= 0.3 is 0 Å². The largest absolute Gasteiger partial charge is 0.481 e. The van der Waals surface area contributed by atoms with Gasteiger partial charge in [0.1, 0.15) is 5.82 Å². The lowest BCUT2D eigenvalue weighted by atomic mass is 10.2. The molecule has 88 valence electrons. The van der Waals surface area contributed by atoms with Gasteiger partial charge in [-0.15, -0.1) is 0 Å². The number of nitrogen functional groups attached to an aromatic ring is 1. The van der Waals surface area contributed by atoms with E-state index < -0.39 is 0 Å². The topological polar surface area (TPSA) is 86.0 Å². The smallest absolute Gasteiger partial charge is 0.222 e. The van der Waals surface area contributed by atoms with Crippen molar-refractivity contribution in [2.24, 2.45) is 0 Å². The summed E-state index contributed by atoms with van der Waals surface area (Å²) in [5, 5.41) is 2.92. The summed E-state index contributed by atoms with van der Waals surface area (Å²) in [6.45, 7) is 0. The van der Waals surface area contributed by atoms with Crippen LogP contribution in [0.3, 0.4) is 0 Å². The van der Waals surface area contributed by atoms with Crippen LogP contribution in [-0.4, -0.2) is 29.1 Å². The number of methoxy groups -OCH3 is 1. The van der Waals surface area contributed by atoms with Crippen molar-refractivity contribution in [3.8, 4) is 17.1 Å². The second-order valence-corrected chi connectivity index (χ2v) is 3.34. The molecule has 0 aromatic carbocycles. The van der Waals surface area contributed by atoms with Gasteiger partial charge in [0, 0.05) is 30.9 Å². The van der Waals surface area contributed by atoms with Crippen molar-refractivity contribution in [2.75, 3.05) is 25.2 Å². The Balaban J connectivity index is 2.41. The van der Waals surface area contributed by atoms with Crippen molar-refractivity contribution in [3.63, 3.8) is 0 Å². The third kappa shape index (κ3) is 2.41. The molecule has 0 atom stereocenters. The van der Waals surface area contributed by atoms with Gasteiger partial charge in [-0.25, -0.2) is 9.97 Å². The third-order valence-electron chi connectivity index (χ3n) is 2.24. The molecule has 17 heavy (non-hydrogen) atoms. The Morgan fingerprint density at radius 3 is 2.71 bits per heavy atom. The predicted octanol–water partition coefficient (Wildman–Crippen LogP) is 1.17. The highest BCUT2D eigenvalue weighted by Gasteiger charge is 2.04. The van der Waals surface area contributed by atoms with Crippen LogP contribution in [0.15, 0.2) is 24.4 Å². The second kappa shape index (κ2) is 4.65. The van der Waals surface area contributed by atoms with Gasteiger partial charge in [0.25, 0.3) is 0 Å². The van der Waals surface area contributed by atoms with E-state index in [2.05, 4.69) is 20.3 Å². The van der Waals surface area contributed by atoms with Gasteiger partial charge in [-0.05, 0) is 6.07 Å². The Kier molecular flexibility index (Phi) is 3.04. The average molecular weight is 231 g/mol. The average Bonchev–Trinajstić information content (AvgIpc) is 2.38. The van der Waals surface area contributed by atoms with Crippen LogP contribution in [0.1, 0.15) is 0 Å². The fourth-order valence-corrected chi connectivity index (χ4v) is 1.39. The van der Waals surface area contributed by atoms with Crippen LogP contribution in [0.4, 0.5) is 11.8 Å². The van der Waals surface area contributed by atoms with E-state index in [1.165, 1.54) is 0 Å². The van der Waals surface area contributed by atoms with Crippen LogP contribution in [0.25, 0.3) is 11.3 Å². The number of rotatable bonds is 3. The fourth-order valence-electron chi connectivity index (χ4n) is 1.39. The molecule has 0 aliphatic heterocycles. The van der Waals surface area contributed by atoms with E-state index in [-0.39, 0.29) is 5.95 Å². The summed E-state index contributed by atoms with van der Waals surface area (Å²) in [5.41, 5.74) is 7.20. The lowest BCUT2D eigenvalue weighted by Crippen LogP contribution is -2.01. The van der Waals surface area contributed by atoms with Crippen molar-refractivity contribution in [1.29, 1.82) is 0 Å². The number of hydrogen-bond acceptors (Lipinski definition) is 6. The fraction of sp³-hybridized carbons (Fsp3) is 0.182. The Bertz CT molecular complexity index is 512. The van der Waals surface area contributed by atoms with Crippen LogP contribution >= 0.6 is 0 Å². The van der Waals surface area contributed by atoms with Crippen molar-refractivity contribution < 1.29 is 4.74 Å². The molecule has 0 saturated heterocycles. The summed E-state index contributed by atoms with van der Waals surface area (Å²) in [4.78, 5) is 12.3. The van der Waals surface area contributed by atoms with E-state index in [0.717, 1.165) is 11.3 Å². The number of anilines is 2. The van der Waals surface area contributed by atoms with Gasteiger partial charge in [-0.3, -0.25) is 0 Å². The first kappa shape index (κ1) is 11.1. The van der Waals surface area contributed by atoms with E-state index in [4.69, 9.17) is 10.5 Å². The number of nitrogens with zero attached hydrogens (tertiary/aromatic N) is 3. The number of nitrogens with two attached hydrogens (primary N) is 1. The molecule has 2 rings (SSSR count). The predicted molar refractivity (Wildman–Crippen MR) is 65.8 cm³/mol. The molecular weight excluding hydrogens is 218 g/mol. The van der Waals surface area contributed by atoms with Crippen LogP contribution in [0, 0.1) is 0 Å². The van der Waals surface area contributed by atoms with E-state index in [9.17, 15) is 0 Å². The first-order valence-corrected chi connectivity index (χ1v) is 5.05. The number of hydrogen-bond donors (Lipinski definition) is 2. The molecule has 2 heterocycles. The molecule has 2 aromatic rings. The Hall–Kier alpha value is -2.37. The third-order valence-corrected chi connectivity index (χ3v) is 2.24. The molecule has 0 amide bonds. The van der Waals surface area contributed by atoms with Crippen LogP contribution in [0.5, 0.6) is 5.88 Å².